The van der Waals surface area contributed by atoms with Crippen molar-refractivity contribution in [2.24, 2.45) is 0 Å². The molecule has 0 bridgehead atoms. The maximum absolute atomic E-state index is 4.12. The molecule has 1 aliphatic rings. The summed E-state index contributed by atoms with van der Waals surface area (Å²) in [5.74, 6) is 0. The lowest BCUT2D eigenvalue weighted by atomic mass is 9.84. The SMILES string of the molecule is C=C(C)C(NC)C(C)(CC)N1CCCC1. The van der Waals surface area contributed by atoms with Crippen molar-refractivity contribution in [3.05, 3.63) is 12.2 Å². The predicted octanol–water partition coefficient (Wildman–Crippen LogP) is 2.42. The molecular formula is C13H26N2. The minimum absolute atomic E-state index is 0.233. The van der Waals surface area contributed by atoms with E-state index in [1.54, 1.807) is 0 Å². The highest BCUT2D eigenvalue weighted by Gasteiger charge is 2.38. The van der Waals surface area contributed by atoms with E-state index in [0.29, 0.717) is 6.04 Å². The van der Waals surface area contributed by atoms with Crippen molar-refractivity contribution in [1.82, 2.24) is 10.2 Å². The molecule has 0 aromatic rings. The highest BCUT2D eigenvalue weighted by Crippen LogP contribution is 2.30. The molecule has 0 aromatic carbocycles. The summed E-state index contributed by atoms with van der Waals surface area (Å²) in [6.45, 7) is 13.4. The fraction of sp³-hybridized carbons (Fsp3) is 0.846. The van der Waals surface area contributed by atoms with Gasteiger partial charge < -0.3 is 5.32 Å². The maximum Gasteiger partial charge on any atom is 0.0455 e. The number of nitrogens with zero attached hydrogens (tertiary/aromatic N) is 1. The Bertz CT molecular complexity index is 219. The molecule has 1 fully saturated rings. The summed E-state index contributed by atoms with van der Waals surface area (Å²) >= 11 is 0. The van der Waals surface area contributed by atoms with Gasteiger partial charge in [-0.25, -0.2) is 0 Å². The van der Waals surface area contributed by atoms with Gasteiger partial charge in [-0.2, -0.15) is 0 Å². The van der Waals surface area contributed by atoms with Gasteiger partial charge in [0.1, 0.15) is 0 Å². The van der Waals surface area contributed by atoms with Crippen LogP contribution in [0.4, 0.5) is 0 Å². The second-order valence-electron chi connectivity index (χ2n) is 4.97. The van der Waals surface area contributed by atoms with E-state index in [0.717, 1.165) is 0 Å². The fourth-order valence-corrected chi connectivity index (χ4v) is 2.93. The van der Waals surface area contributed by atoms with Crippen LogP contribution in [-0.4, -0.2) is 36.6 Å². The monoisotopic (exact) mass is 210 g/mol. The first kappa shape index (κ1) is 12.7. The molecule has 0 saturated carbocycles. The summed E-state index contributed by atoms with van der Waals surface area (Å²) in [6, 6.07) is 0.403. The number of hydrogen-bond donors (Lipinski definition) is 1. The van der Waals surface area contributed by atoms with E-state index in [2.05, 4.69) is 37.6 Å². The van der Waals surface area contributed by atoms with Crippen molar-refractivity contribution >= 4 is 0 Å². The van der Waals surface area contributed by atoms with Gasteiger partial charge in [0, 0.05) is 11.6 Å². The molecule has 0 aliphatic carbocycles. The van der Waals surface area contributed by atoms with Crippen LogP contribution >= 0.6 is 0 Å². The highest BCUT2D eigenvalue weighted by atomic mass is 15.2. The van der Waals surface area contributed by atoms with Crippen LogP contribution in [0.3, 0.4) is 0 Å². The van der Waals surface area contributed by atoms with Gasteiger partial charge in [-0.15, -0.1) is 0 Å². The lowest BCUT2D eigenvalue weighted by Gasteiger charge is -2.44. The molecule has 2 nitrogen and oxygen atoms in total. The van der Waals surface area contributed by atoms with Crippen LogP contribution in [0.1, 0.15) is 40.0 Å². The zero-order chi connectivity index (χ0) is 11.5. The van der Waals surface area contributed by atoms with Crippen molar-refractivity contribution in [3.8, 4) is 0 Å². The van der Waals surface area contributed by atoms with Crippen LogP contribution in [0.15, 0.2) is 12.2 Å². The Hall–Kier alpha value is -0.340. The summed E-state index contributed by atoms with van der Waals surface area (Å²) in [5.41, 5.74) is 1.48. The molecule has 2 atom stereocenters. The van der Waals surface area contributed by atoms with Crippen LogP contribution in [0, 0.1) is 0 Å². The van der Waals surface area contributed by atoms with Gasteiger partial charge in [-0.05, 0) is 53.2 Å². The second kappa shape index (κ2) is 5.13. The lowest BCUT2D eigenvalue weighted by molar-refractivity contribution is 0.101. The number of likely N-dealkylation sites (N-methyl/N-ethyl adjacent to an activating group) is 1. The molecule has 0 spiro atoms. The van der Waals surface area contributed by atoms with Crippen LogP contribution < -0.4 is 5.32 Å². The van der Waals surface area contributed by atoms with Crippen molar-refractivity contribution in [2.45, 2.75) is 51.6 Å². The molecule has 1 saturated heterocycles. The standard InChI is InChI=1S/C13H26N2/c1-6-13(4,12(14-5)11(2)3)15-9-7-8-10-15/h12,14H,2,6-10H2,1,3-5H3. The van der Waals surface area contributed by atoms with Gasteiger partial charge in [-0.3, -0.25) is 4.90 Å². The van der Waals surface area contributed by atoms with Gasteiger partial charge in [0.15, 0.2) is 0 Å². The molecule has 0 radical (unpaired) electrons. The molecule has 15 heavy (non-hydrogen) atoms. The van der Waals surface area contributed by atoms with Gasteiger partial charge in [0.05, 0.1) is 0 Å². The summed E-state index contributed by atoms with van der Waals surface area (Å²) in [7, 11) is 2.04. The molecule has 2 unspecified atom stereocenters. The fourth-order valence-electron chi connectivity index (χ4n) is 2.93. The van der Waals surface area contributed by atoms with Gasteiger partial charge in [0.2, 0.25) is 0 Å². The van der Waals surface area contributed by atoms with Crippen molar-refractivity contribution in [3.63, 3.8) is 0 Å². The Kier molecular flexibility index (Phi) is 4.35. The smallest absolute Gasteiger partial charge is 0.0455 e. The van der Waals surface area contributed by atoms with E-state index in [1.165, 1.54) is 37.9 Å². The quantitative estimate of drug-likeness (QED) is 0.701. The molecule has 1 heterocycles. The molecule has 0 amide bonds. The number of hydrogen-bond acceptors (Lipinski definition) is 2. The van der Waals surface area contributed by atoms with Gasteiger partial charge in [0.25, 0.3) is 0 Å². The Morgan fingerprint density at radius 1 is 1.47 bits per heavy atom. The maximum atomic E-state index is 4.12. The van der Waals surface area contributed by atoms with E-state index in [1.807, 2.05) is 7.05 Å². The first-order valence-corrected chi connectivity index (χ1v) is 6.14. The Morgan fingerprint density at radius 3 is 2.33 bits per heavy atom. The Morgan fingerprint density at radius 2 is 2.00 bits per heavy atom. The Balaban J connectivity index is 2.85. The third-order valence-electron chi connectivity index (χ3n) is 3.95. The molecular weight excluding hydrogens is 184 g/mol. The highest BCUT2D eigenvalue weighted by molar-refractivity contribution is 5.13. The number of nitrogens with one attached hydrogen (secondary N) is 1. The van der Waals surface area contributed by atoms with E-state index in [-0.39, 0.29) is 5.54 Å². The minimum Gasteiger partial charge on any atom is -0.312 e. The van der Waals surface area contributed by atoms with E-state index >= 15 is 0 Å². The first-order valence-electron chi connectivity index (χ1n) is 6.14. The predicted molar refractivity (Wildman–Crippen MR) is 67.2 cm³/mol. The molecule has 1 N–H and O–H groups in total. The summed E-state index contributed by atoms with van der Waals surface area (Å²) in [5, 5.41) is 3.43. The Labute approximate surface area is 94.7 Å². The third-order valence-corrected chi connectivity index (χ3v) is 3.95. The zero-order valence-electron chi connectivity index (χ0n) is 10.8. The topological polar surface area (TPSA) is 15.3 Å². The average Bonchev–Trinajstić information content (AvgIpc) is 2.71. The van der Waals surface area contributed by atoms with E-state index < -0.39 is 0 Å². The van der Waals surface area contributed by atoms with Crippen molar-refractivity contribution in [1.29, 1.82) is 0 Å². The van der Waals surface area contributed by atoms with Crippen molar-refractivity contribution in [2.75, 3.05) is 20.1 Å². The number of likely N-dealkylation sites (tertiary alicyclic amines) is 1. The molecule has 2 heteroatoms. The second-order valence-corrected chi connectivity index (χ2v) is 4.97. The van der Waals surface area contributed by atoms with Crippen molar-refractivity contribution < 1.29 is 0 Å². The zero-order valence-corrected chi connectivity index (χ0v) is 10.8. The molecule has 1 rings (SSSR count). The van der Waals surface area contributed by atoms with Crippen LogP contribution in [0.2, 0.25) is 0 Å². The molecule has 1 aliphatic heterocycles. The minimum atomic E-state index is 0.233. The first-order chi connectivity index (χ1) is 7.06. The van der Waals surface area contributed by atoms with Gasteiger partial charge in [-0.1, -0.05) is 19.1 Å². The largest absolute Gasteiger partial charge is 0.312 e. The van der Waals surface area contributed by atoms with Crippen LogP contribution in [0.5, 0.6) is 0 Å². The number of rotatable bonds is 5. The lowest BCUT2D eigenvalue weighted by Crippen LogP contribution is -2.58. The van der Waals surface area contributed by atoms with E-state index in [9.17, 15) is 0 Å². The van der Waals surface area contributed by atoms with Crippen LogP contribution in [-0.2, 0) is 0 Å². The normalized spacial score (nSPS) is 23.7. The molecule has 0 aromatic heterocycles. The van der Waals surface area contributed by atoms with Crippen LogP contribution in [0.25, 0.3) is 0 Å². The van der Waals surface area contributed by atoms with E-state index in [4.69, 9.17) is 0 Å². The summed E-state index contributed by atoms with van der Waals surface area (Å²) < 4.78 is 0. The summed E-state index contributed by atoms with van der Waals surface area (Å²) in [6.07, 6.45) is 3.87. The summed E-state index contributed by atoms with van der Waals surface area (Å²) in [4.78, 5) is 2.63. The average molecular weight is 210 g/mol. The third kappa shape index (κ3) is 2.43. The van der Waals surface area contributed by atoms with Gasteiger partial charge >= 0.3 is 0 Å². The molecule has 88 valence electrons.